The van der Waals surface area contributed by atoms with Gasteiger partial charge >= 0.3 is 0 Å². The van der Waals surface area contributed by atoms with Gasteiger partial charge in [0.1, 0.15) is 0 Å². The van der Waals surface area contributed by atoms with Crippen LogP contribution in [0.4, 0.5) is 0 Å². The summed E-state index contributed by atoms with van der Waals surface area (Å²) in [5.41, 5.74) is 1.64. The lowest BCUT2D eigenvalue weighted by atomic mass is 10.1. The molecule has 2 heterocycles. The molecule has 0 radical (unpaired) electrons. The summed E-state index contributed by atoms with van der Waals surface area (Å²) in [6.07, 6.45) is 0.513. The van der Waals surface area contributed by atoms with Crippen molar-refractivity contribution in [1.82, 2.24) is 9.80 Å². The van der Waals surface area contributed by atoms with Crippen LogP contribution in [0.2, 0.25) is 13.1 Å². The Morgan fingerprint density at radius 3 is 1.11 bits per heavy atom. The molecular formula is C20H18N2O4Si. The number of rotatable bonds is 4. The number of carbonyl (C=O) groups is 4. The van der Waals surface area contributed by atoms with Gasteiger partial charge in [-0.25, -0.2) is 0 Å². The maximum atomic E-state index is 12.6. The van der Waals surface area contributed by atoms with Crippen LogP contribution in [0.3, 0.4) is 0 Å². The molecule has 2 aliphatic heterocycles. The summed E-state index contributed by atoms with van der Waals surface area (Å²) in [6.45, 7) is 3.94. The molecule has 7 heteroatoms. The molecule has 0 aliphatic carbocycles. The average molecular weight is 378 g/mol. The number of carbonyl (C=O) groups excluding carboxylic acids is 4. The second kappa shape index (κ2) is 5.99. The Labute approximate surface area is 157 Å². The van der Waals surface area contributed by atoms with E-state index in [1.54, 1.807) is 48.5 Å². The molecule has 6 nitrogen and oxygen atoms in total. The maximum absolute atomic E-state index is 12.6. The fraction of sp³-hybridized carbons (Fsp3) is 0.200. The zero-order valence-corrected chi connectivity index (χ0v) is 16.1. The summed E-state index contributed by atoms with van der Waals surface area (Å²) < 4.78 is 0. The molecule has 0 bridgehead atoms. The predicted molar refractivity (Wildman–Crippen MR) is 101 cm³/mol. The van der Waals surface area contributed by atoms with Crippen molar-refractivity contribution in [3.8, 4) is 0 Å². The van der Waals surface area contributed by atoms with E-state index in [1.807, 2.05) is 13.1 Å². The van der Waals surface area contributed by atoms with Crippen molar-refractivity contribution >= 4 is 31.7 Å². The minimum absolute atomic E-state index is 0.257. The van der Waals surface area contributed by atoms with Crippen LogP contribution < -0.4 is 0 Å². The predicted octanol–water partition coefficient (Wildman–Crippen LogP) is 2.37. The van der Waals surface area contributed by atoms with E-state index in [2.05, 4.69) is 0 Å². The van der Waals surface area contributed by atoms with Gasteiger partial charge in [-0.05, 0) is 24.3 Å². The van der Waals surface area contributed by atoms with E-state index in [-0.39, 0.29) is 36.0 Å². The number of imide groups is 2. The smallest absolute Gasteiger partial charge is 0.261 e. The number of benzene rings is 2. The Kier molecular flexibility index (Phi) is 3.85. The van der Waals surface area contributed by atoms with Crippen LogP contribution in [-0.2, 0) is 0 Å². The van der Waals surface area contributed by atoms with Crippen LogP contribution in [0.15, 0.2) is 48.5 Å². The van der Waals surface area contributed by atoms with Crippen molar-refractivity contribution in [2.75, 3.05) is 12.3 Å². The molecule has 2 aromatic carbocycles. The van der Waals surface area contributed by atoms with Gasteiger partial charge in [-0.1, -0.05) is 37.4 Å². The molecule has 0 saturated heterocycles. The topological polar surface area (TPSA) is 74.8 Å². The summed E-state index contributed by atoms with van der Waals surface area (Å²) >= 11 is 0. The Morgan fingerprint density at radius 2 is 0.852 bits per heavy atom. The zero-order chi connectivity index (χ0) is 19.3. The fourth-order valence-electron chi connectivity index (χ4n) is 3.67. The van der Waals surface area contributed by atoms with Gasteiger partial charge in [-0.3, -0.25) is 29.0 Å². The molecule has 0 spiro atoms. The van der Waals surface area contributed by atoms with Crippen LogP contribution >= 0.6 is 0 Å². The molecule has 4 rings (SSSR count). The second-order valence-corrected chi connectivity index (χ2v) is 12.6. The van der Waals surface area contributed by atoms with Gasteiger partial charge < -0.3 is 0 Å². The Hall–Kier alpha value is -3.06. The van der Waals surface area contributed by atoms with Crippen molar-refractivity contribution in [3.63, 3.8) is 0 Å². The lowest BCUT2D eigenvalue weighted by Crippen LogP contribution is -2.53. The van der Waals surface area contributed by atoms with E-state index in [0.717, 1.165) is 0 Å². The molecule has 0 atom stereocenters. The largest absolute Gasteiger partial charge is 0.277 e. The van der Waals surface area contributed by atoms with Crippen LogP contribution in [0.5, 0.6) is 0 Å². The summed E-state index contributed by atoms with van der Waals surface area (Å²) in [5, 5.41) is 0. The number of hydrogen-bond donors (Lipinski definition) is 0. The molecule has 0 fully saturated rings. The average Bonchev–Trinajstić information content (AvgIpc) is 3.03. The first-order valence-corrected chi connectivity index (χ1v) is 12.1. The summed E-state index contributed by atoms with van der Waals surface area (Å²) in [7, 11) is -2.31. The first-order chi connectivity index (χ1) is 12.8. The van der Waals surface area contributed by atoms with Crippen molar-refractivity contribution in [3.05, 3.63) is 70.8 Å². The molecule has 0 N–H and O–H groups in total. The quantitative estimate of drug-likeness (QED) is 0.605. The molecule has 0 unspecified atom stereocenters. The standard InChI is InChI=1S/C20H18N2O4Si/c1-27(2,11-21-17(23)13-7-3-4-8-14(13)18(21)24)12-22-19(25)15-9-5-6-10-16(15)20(22)26/h3-10H,11-12H2,1-2H3. The normalized spacial score (nSPS) is 16.2. The molecule has 136 valence electrons. The molecular weight excluding hydrogens is 360 g/mol. The summed E-state index contributed by atoms with van der Waals surface area (Å²) in [6, 6.07) is 13.5. The Bertz CT molecular complexity index is 865. The van der Waals surface area contributed by atoms with E-state index in [1.165, 1.54) is 9.80 Å². The van der Waals surface area contributed by atoms with Crippen LogP contribution in [0.1, 0.15) is 41.4 Å². The zero-order valence-electron chi connectivity index (χ0n) is 15.1. The lowest BCUT2D eigenvalue weighted by Gasteiger charge is -2.30. The highest BCUT2D eigenvalue weighted by atomic mass is 28.3. The number of nitrogens with zero attached hydrogens (tertiary/aromatic N) is 2. The van der Waals surface area contributed by atoms with Gasteiger partial charge in [0.05, 0.1) is 30.3 Å². The highest BCUT2D eigenvalue weighted by Gasteiger charge is 2.43. The van der Waals surface area contributed by atoms with Crippen molar-refractivity contribution < 1.29 is 19.2 Å². The first-order valence-electron chi connectivity index (χ1n) is 8.71. The van der Waals surface area contributed by atoms with Crippen LogP contribution in [-0.4, -0.2) is 53.8 Å². The monoisotopic (exact) mass is 378 g/mol. The van der Waals surface area contributed by atoms with Gasteiger partial charge in [0, 0.05) is 12.3 Å². The minimum Gasteiger partial charge on any atom is -0.277 e. The van der Waals surface area contributed by atoms with Gasteiger partial charge in [-0.2, -0.15) is 0 Å². The Balaban J connectivity index is 1.54. The third kappa shape index (κ3) is 2.71. The van der Waals surface area contributed by atoms with Crippen molar-refractivity contribution in [2.24, 2.45) is 0 Å². The molecule has 4 amide bonds. The molecule has 0 saturated carbocycles. The maximum Gasteiger partial charge on any atom is 0.261 e. The van der Waals surface area contributed by atoms with Crippen molar-refractivity contribution in [1.29, 1.82) is 0 Å². The minimum atomic E-state index is -2.31. The first kappa shape index (κ1) is 17.4. The van der Waals surface area contributed by atoms with E-state index in [9.17, 15) is 19.2 Å². The van der Waals surface area contributed by atoms with Gasteiger partial charge in [0.2, 0.25) is 0 Å². The summed E-state index contributed by atoms with van der Waals surface area (Å²) in [5.74, 6) is -1.23. The second-order valence-electron chi connectivity index (χ2n) is 7.65. The third-order valence-corrected chi connectivity index (χ3v) is 7.27. The SMILES string of the molecule is C[Si](C)(CN1C(=O)c2ccccc2C1=O)CN1C(=O)c2ccccc2C1=O. The fourth-order valence-corrected chi connectivity index (χ4v) is 6.06. The van der Waals surface area contributed by atoms with Gasteiger partial charge in [0.25, 0.3) is 23.6 Å². The Morgan fingerprint density at radius 1 is 0.593 bits per heavy atom. The van der Waals surface area contributed by atoms with Gasteiger partial charge in [0.15, 0.2) is 0 Å². The van der Waals surface area contributed by atoms with Gasteiger partial charge in [-0.15, -0.1) is 0 Å². The summed E-state index contributed by atoms with van der Waals surface area (Å²) in [4.78, 5) is 53.0. The van der Waals surface area contributed by atoms with E-state index >= 15 is 0 Å². The third-order valence-electron chi connectivity index (χ3n) is 4.93. The van der Waals surface area contributed by atoms with E-state index in [4.69, 9.17) is 0 Å². The van der Waals surface area contributed by atoms with E-state index < -0.39 is 8.07 Å². The number of hydrogen-bond acceptors (Lipinski definition) is 4. The van der Waals surface area contributed by atoms with Crippen molar-refractivity contribution in [2.45, 2.75) is 13.1 Å². The number of fused-ring (bicyclic) bond motifs is 2. The molecule has 0 aromatic heterocycles. The van der Waals surface area contributed by atoms with Crippen LogP contribution in [0, 0.1) is 0 Å². The van der Waals surface area contributed by atoms with Crippen LogP contribution in [0.25, 0.3) is 0 Å². The van der Waals surface area contributed by atoms with E-state index in [0.29, 0.717) is 22.3 Å². The number of amides is 4. The lowest BCUT2D eigenvalue weighted by molar-refractivity contribution is 0.0677. The molecule has 2 aromatic rings. The highest BCUT2D eigenvalue weighted by Crippen LogP contribution is 2.27. The highest BCUT2D eigenvalue weighted by molar-refractivity contribution is 6.78. The molecule has 2 aliphatic rings. The molecule has 27 heavy (non-hydrogen) atoms.